The molecule has 0 aliphatic carbocycles. The second kappa shape index (κ2) is 4.93. The van der Waals surface area contributed by atoms with Gasteiger partial charge in [0.15, 0.2) is 0 Å². The average Bonchev–Trinajstić information content (AvgIpc) is 2.33. The van der Waals surface area contributed by atoms with Crippen LogP contribution in [0.5, 0.6) is 5.75 Å². The standard InChI is InChI=1S/C12H12ClN3O/c1-17-10-4-2-3-9(6-10)16-12-11(13)5-8(14)7-15-12/h2-7H,14H2,1H3,(H,15,16). The summed E-state index contributed by atoms with van der Waals surface area (Å²) < 4.78 is 5.13. The lowest BCUT2D eigenvalue weighted by Gasteiger charge is -2.08. The molecule has 0 aliphatic heterocycles. The van der Waals surface area contributed by atoms with Crippen molar-refractivity contribution >= 4 is 28.8 Å². The van der Waals surface area contributed by atoms with E-state index in [2.05, 4.69) is 10.3 Å². The molecule has 2 rings (SSSR count). The molecule has 17 heavy (non-hydrogen) atoms. The van der Waals surface area contributed by atoms with Gasteiger partial charge in [0, 0.05) is 11.8 Å². The molecular formula is C12H12ClN3O. The maximum Gasteiger partial charge on any atom is 0.149 e. The van der Waals surface area contributed by atoms with Crippen molar-refractivity contribution in [1.82, 2.24) is 4.98 Å². The summed E-state index contributed by atoms with van der Waals surface area (Å²) in [6, 6.07) is 9.15. The van der Waals surface area contributed by atoms with Gasteiger partial charge in [-0.3, -0.25) is 0 Å². The molecule has 0 radical (unpaired) electrons. The number of hydrogen-bond acceptors (Lipinski definition) is 4. The van der Waals surface area contributed by atoms with Gasteiger partial charge in [0.2, 0.25) is 0 Å². The molecule has 2 aromatic rings. The number of nitrogens with two attached hydrogens (primary N) is 1. The van der Waals surface area contributed by atoms with E-state index in [0.717, 1.165) is 11.4 Å². The zero-order valence-corrected chi connectivity index (χ0v) is 10.0. The minimum absolute atomic E-state index is 0.479. The summed E-state index contributed by atoms with van der Waals surface area (Å²) in [6.45, 7) is 0. The molecule has 88 valence electrons. The highest BCUT2D eigenvalue weighted by Crippen LogP contribution is 2.26. The molecule has 0 bridgehead atoms. The Hall–Kier alpha value is -1.94. The highest BCUT2D eigenvalue weighted by Gasteiger charge is 2.03. The van der Waals surface area contributed by atoms with Crippen LogP contribution in [0.4, 0.5) is 17.2 Å². The molecule has 0 unspecified atom stereocenters. The van der Waals surface area contributed by atoms with Crippen LogP contribution in [-0.4, -0.2) is 12.1 Å². The number of ether oxygens (including phenoxy) is 1. The number of aromatic nitrogens is 1. The lowest BCUT2D eigenvalue weighted by molar-refractivity contribution is 0.415. The van der Waals surface area contributed by atoms with E-state index in [4.69, 9.17) is 22.1 Å². The molecule has 1 heterocycles. The number of rotatable bonds is 3. The van der Waals surface area contributed by atoms with Crippen LogP contribution in [-0.2, 0) is 0 Å². The van der Waals surface area contributed by atoms with E-state index in [1.807, 2.05) is 24.3 Å². The topological polar surface area (TPSA) is 60.2 Å². The summed E-state index contributed by atoms with van der Waals surface area (Å²) in [5.41, 5.74) is 6.96. The Morgan fingerprint density at radius 3 is 2.88 bits per heavy atom. The minimum atomic E-state index is 0.479. The summed E-state index contributed by atoms with van der Waals surface area (Å²) in [5, 5.41) is 3.57. The van der Waals surface area contributed by atoms with Gasteiger partial charge in [-0.2, -0.15) is 0 Å². The van der Waals surface area contributed by atoms with Gasteiger partial charge >= 0.3 is 0 Å². The van der Waals surface area contributed by atoms with Crippen molar-refractivity contribution in [2.75, 3.05) is 18.2 Å². The molecule has 5 heteroatoms. The highest BCUT2D eigenvalue weighted by molar-refractivity contribution is 6.33. The molecule has 0 saturated heterocycles. The first-order valence-corrected chi connectivity index (χ1v) is 5.39. The normalized spacial score (nSPS) is 10.0. The number of nitrogens with one attached hydrogen (secondary N) is 1. The van der Waals surface area contributed by atoms with Crippen LogP contribution in [0.2, 0.25) is 5.02 Å². The summed E-state index contributed by atoms with van der Waals surface area (Å²) in [5.74, 6) is 1.33. The molecule has 0 fully saturated rings. The van der Waals surface area contributed by atoms with Crippen molar-refractivity contribution in [1.29, 1.82) is 0 Å². The van der Waals surface area contributed by atoms with E-state index in [1.165, 1.54) is 0 Å². The average molecular weight is 250 g/mol. The van der Waals surface area contributed by atoms with Crippen LogP contribution >= 0.6 is 11.6 Å². The maximum atomic E-state index is 6.02. The lowest BCUT2D eigenvalue weighted by atomic mass is 10.3. The minimum Gasteiger partial charge on any atom is -0.497 e. The van der Waals surface area contributed by atoms with Gasteiger partial charge in [0.1, 0.15) is 11.6 Å². The second-order valence-electron chi connectivity index (χ2n) is 3.46. The summed E-state index contributed by atoms with van der Waals surface area (Å²) >= 11 is 6.02. The van der Waals surface area contributed by atoms with E-state index in [0.29, 0.717) is 16.5 Å². The van der Waals surface area contributed by atoms with Crippen LogP contribution < -0.4 is 15.8 Å². The third-order valence-electron chi connectivity index (χ3n) is 2.19. The smallest absolute Gasteiger partial charge is 0.149 e. The van der Waals surface area contributed by atoms with Crippen molar-refractivity contribution in [3.63, 3.8) is 0 Å². The molecule has 1 aromatic heterocycles. The number of halogens is 1. The first-order chi connectivity index (χ1) is 8.19. The second-order valence-corrected chi connectivity index (χ2v) is 3.86. The zero-order chi connectivity index (χ0) is 12.3. The first kappa shape index (κ1) is 11.5. The van der Waals surface area contributed by atoms with Gasteiger partial charge in [-0.05, 0) is 18.2 Å². The Morgan fingerprint density at radius 1 is 1.35 bits per heavy atom. The van der Waals surface area contributed by atoms with Crippen molar-refractivity contribution in [2.24, 2.45) is 0 Å². The van der Waals surface area contributed by atoms with Crippen LogP contribution in [0.15, 0.2) is 36.5 Å². The number of methoxy groups -OCH3 is 1. The van der Waals surface area contributed by atoms with E-state index in [-0.39, 0.29) is 0 Å². The van der Waals surface area contributed by atoms with E-state index in [9.17, 15) is 0 Å². The maximum absolute atomic E-state index is 6.02. The lowest BCUT2D eigenvalue weighted by Crippen LogP contribution is -1.96. The molecule has 0 aliphatic rings. The van der Waals surface area contributed by atoms with Gasteiger partial charge in [0.25, 0.3) is 0 Å². The van der Waals surface area contributed by atoms with Gasteiger partial charge in [0.05, 0.1) is 24.0 Å². The fourth-order valence-corrected chi connectivity index (χ4v) is 1.60. The van der Waals surface area contributed by atoms with Crippen molar-refractivity contribution in [3.8, 4) is 5.75 Å². The Morgan fingerprint density at radius 2 is 2.18 bits per heavy atom. The van der Waals surface area contributed by atoms with E-state index < -0.39 is 0 Å². The Bertz CT molecular complexity index is 531. The quantitative estimate of drug-likeness (QED) is 0.878. The molecular weight excluding hydrogens is 238 g/mol. The molecule has 0 saturated carbocycles. The Kier molecular flexibility index (Phi) is 3.35. The fourth-order valence-electron chi connectivity index (χ4n) is 1.38. The van der Waals surface area contributed by atoms with Gasteiger partial charge in [-0.15, -0.1) is 0 Å². The summed E-state index contributed by atoms with van der Waals surface area (Å²) in [4.78, 5) is 4.12. The highest BCUT2D eigenvalue weighted by atomic mass is 35.5. The van der Waals surface area contributed by atoms with Crippen molar-refractivity contribution in [2.45, 2.75) is 0 Å². The SMILES string of the molecule is COc1cccc(Nc2ncc(N)cc2Cl)c1. The van der Waals surface area contributed by atoms with E-state index >= 15 is 0 Å². The van der Waals surface area contributed by atoms with Crippen LogP contribution in [0.25, 0.3) is 0 Å². The number of pyridine rings is 1. The Balaban J connectivity index is 2.25. The number of nitrogens with zero attached hydrogens (tertiary/aromatic N) is 1. The predicted molar refractivity (Wildman–Crippen MR) is 69.9 cm³/mol. The number of benzene rings is 1. The molecule has 0 amide bonds. The number of hydrogen-bond donors (Lipinski definition) is 2. The van der Waals surface area contributed by atoms with Crippen molar-refractivity contribution < 1.29 is 4.74 Å². The largest absolute Gasteiger partial charge is 0.497 e. The van der Waals surface area contributed by atoms with Crippen LogP contribution in [0.3, 0.4) is 0 Å². The Labute approximate surface area is 104 Å². The number of anilines is 3. The third-order valence-corrected chi connectivity index (χ3v) is 2.48. The van der Waals surface area contributed by atoms with E-state index in [1.54, 1.807) is 19.4 Å². The molecule has 4 nitrogen and oxygen atoms in total. The monoisotopic (exact) mass is 249 g/mol. The first-order valence-electron chi connectivity index (χ1n) is 5.01. The predicted octanol–water partition coefficient (Wildman–Crippen LogP) is 3.07. The third kappa shape index (κ3) is 2.79. The van der Waals surface area contributed by atoms with Gasteiger partial charge in [-0.25, -0.2) is 4.98 Å². The van der Waals surface area contributed by atoms with Gasteiger partial charge < -0.3 is 15.8 Å². The summed E-state index contributed by atoms with van der Waals surface area (Å²) in [7, 11) is 1.62. The number of nitrogen functional groups attached to an aromatic ring is 1. The molecule has 0 spiro atoms. The molecule has 3 N–H and O–H groups in total. The summed E-state index contributed by atoms with van der Waals surface area (Å²) in [6.07, 6.45) is 1.55. The van der Waals surface area contributed by atoms with Crippen LogP contribution in [0, 0.1) is 0 Å². The zero-order valence-electron chi connectivity index (χ0n) is 9.27. The van der Waals surface area contributed by atoms with Gasteiger partial charge in [-0.1, -0.05) is 17.7 Å². The molecule has 0 atom stereocenters. The van der Waals surface area contributed by atoms with Crippen LogP contribution in [0.1, 0.15) is 0 Å². The molecule has 1 aromatic carbocycles. The fraction of sp³-hybridized carbons (Fsp3) is 0.0833. The van der Waals surface area contributed by atoms with Crippen molar-refractivity contribution in [3.05, 3.63) is 41.6 Å².